The maximum absolute atomic E-state index is 9.60. The average Bonchev–Trinajstić information content (AvgIpc) is 2.18. The van der Waals surface area contributed by atoms with Crippen molar-refractivity contribution in [2.45, 2.75) is 32.7 Å². The highest BCUT2D eigenvalue weighted by Gasteiger charge is 2.13. The second-order valence-electron chi connectivity index (χ2n) is 4.29. The van der Waals surface area contributed by atoms with Gasteiger partial charge in [0.1, 0.15) is 0 Å². The van der Waals surface area contributed by atoms with Crippen LogP contribution in [0.3, 0.4) is 0 Å². The van der Waals surface area contributed by atoms with Crippen LogP contribution in [0.4, 0.5) is 0 Å². The summed E-state index contributed by atoms with van der Waals surface area (Å²) in [5.41, 5.74) is 6.56. The number of phenolic OH excluding ortho intramolecular Hbond substituents is 2. The third-order valence-corrected chi connectivity index (χ3v) is 2.50. The molecule has 1 rings (SSSR count). The molecular weight excluding hydrogens is 190 g/mol. The molecule has 1 atom stereocenters. The van der Waals surface area contributed by atoms with E-state index in [1.807, 2.05) is 0 Å². The standard InChI is InChI=1S/C12H19NO2/c1-8(2)6-7-10(13)9-4-3-5-11(14)12(9)15/h3-5,8,10,14-15H,6-7,13H2,1-2H3/t10-/m0/s1. The lowest BCUT2D eigenvalue weighted by molar-refractivity contribution is 0.392. The zero-order valence-electron chi connectivity index (χ0n) is 9.27. The molecule has 0 fully saturated rings. The summed E-state index contributed by atoms with van der Waals surface area (Å²) < 4.78 is 0. The van der Waals surface area contributed by atoms with E-state index < -0.39 is 0 Å². The van der Waals surface area contributed by atoms with Crippen LogP contribution >= 0.6 is 0 Å². The molecule has 3 nitrogen and oxygen atoms in total. The SMILES string of the molecule is CC(C)CC[C@H](N)c1cccc(O)c1O. The van der Waals surface area contributed by atoms with Crippen molar-refractivity contribution in [3.8, 4) is 11.5 Å². The first-order valence-corrected chi connectivity index (χ1v) is 5.28. The number of para-hydroxylation sites is 1. The Kier molecular flexibility index (Phi) is 3.97. The lowest BCUT2D eigenvalue weighted by Gasteiger charge is -2.15. The molecule has 0 aromatic heterocycles. The maximum Gasteiger partial charge on any atom is 0.162 e. The molecule has 0 aliphatic rings. The molecule has 4 N–H and O–H groups in total. The molecule has 0 bridgehead atoms. The van der Waals surface area contributed by atoms with Gasteiger partial charge in [-0.25, -0.2) is 0 Å². The van der Waals surface area contributed by atoms with Gasteiger partial charge < -0.3 is 15.9 Å². The summed E-state index contributed by atoms with van der Waals surface area (Å²) >= 11 is 0. The highest BCUT2D eigenvalue weighted by molar-refractivity contribution is 5.45. The molecule has 0 saturated heterocycles. The minimum atomic E-state index is -0.209. The van der Waals surface area contributed by atoms with E-state index in [2.05, 4.69) is 13.8 Å². The van der Waals surface area contributed by atoms with Gasteiger partial charge in [0.25, 0.3) is 0 Å². The topological polar surface area (TPSA) is 66.5 Å². The zero-order valence-corrected chi connectivity index (χ0v) is 9.27. The number of hydrogen-bond donors (Lipinski definition) is 3. The predicted molar refractivity (Wildman–Crippen MR) is 60.8 cm³/mol. The van der Waals surface area contributed by atoms with Crippen molar-refractivity contribution >= 4 is 0 Å². The van der Waals surface area contributed by atoms with Crippen LogP contribution in [-0.4, -0.2) is 10.2 Å². The van der Waals surface area contributed by atoms with Gasteiger partial charge in [-0.1, -0.05) is 26.0 Å². The van der Waals surface area contributed by atoms with Gasteiger partial charge in [0.05, 0.1) is 0 Å². The molecule has 0 unspecified atom stereocenters. The van der Waals surface area contributed by atoms with Gasteiger partial charge in [0.2, 0.25) is 0 Å². The minimum absolute atomic E-state index is 0.0891. The summed E-state index contributed by atoms with van der Waals surface area (Å²) in [5, 5.41) is 18.9. The number of phenols is 2. The Balaban J connectivity index is 2.73. The van der Waals surface area contributed by atoms with E-state index in [0.29, 0.717) is 11.5 Å². The third kappa shape index (κ3) is 3.13. The van der Waals surface area contributed by atoms with Crippen molar-refractivity contribution in [3.63, 3.8) is 0 Å². The molecule has 0 aliphatic heterocycles. The number of aromatic hydroxyl groups is 2. The highest BCUT2D eigenvalue weighted by Crippen LogP contribution is 2.33. The van der Waals surface area contributed by atoms with Crippen LogP contribution in [0.25, 0.3) is 0 Å². The Morgan fingerprint density at radius 3 is 2.47 bits per heavy atom. The molecule has 3 heteroatoms. The summed E-state index contributed by atoms with van der Waals surface area (Å²) in [7, 11) is 0. The lowest BCUT2D eigenvalue weighted by atomic mass is 9.97. The van der Waals surface area contributed by atoms with Gasteiger partial charge >= 0.3 is 0 Å². The molecule has 0 spiro atoms. The molecule has 1 aromatic carbocycles. The molecule has 0 saturated carbocycles. The van der Waals surface area contributed by atoms with E-state index in [0.717, 1.165) is 12.8 Å². The summed E-state index contributed by atoms with van der Waals surface area (Å²) in [5.74, 6) is 0.400. The second kappa shape index (κ2) is 5.03. The van der Waals surface area contributed by atoms with E-state index in [1.54, 1.807) is 12.1 Å². The minimum Gasteiger partial charge on any atom is -0.504 e. The van der Waals surface area contributed by atoms with E-state index in [-0.39, 0.29) is 17.5 Å². The molecule has 1 aromatic rings. The lowest BCUT2D eigenvalue weighted by Crippen LogP contribution is -2.11. The van der Waals surface area contributed by atoms with Gasteiger partial charge in [-0.3, -0.25) is 0 Å². The van der Waals surface area contributed by atoms with Crippen LogP contribution in [0.15, 0.2) is 18.2 Å². The van der Waals surface area contributed by atoms with Crippen LogP contribution in [-0.2, 0) is 0 Å². The Labute approximate surface area is 90.5 Å². The van der Waals surface area contributed by atoms with Crippen molar-refractivity contribution < 1.29 is 10.2 Å². The summed E-state index contributed by atoms with van der Waals surface area (Å²) in [6.45, 7) is 4.27. The van der Waals surface area contributed by atoms with Crippen molar-refractivity contribution in [1.82, 2.24) is 0 Å². The van der Waals surface area contributed by atoms with Crippen molar-refractivity contribution in [2.75, 3.05) is 0 Å². The summed E-state index contributed by atoms with van der Waals surface area (Å²) in [6.07, 6.45) is 1.82. The molecule has 0 aliphatic carbocycles. The molecule has 84 valence electrons. The Morgan fingerprint density at radius 2 is 1.87 bits per heavy atom. The monoisotopic (exact) mass is 209 g/mol. The fraction of sp³-hybridized carbons (Fsp3) is 0.500. The third-order valence-electron chi connectivity index (χ3n) is 2.50. The maximum atomic E-state index is 9.60. The first kappa shape index (κ1) is 11.9. The molecule has 15 heavy (non-hydrogen) atoms. The van der Waals surface area contributed by atoms with E-state index in [9.17, 15) is 10.2 Å². The molecular formula is C12H19NO2. The molecule has 0 heterocycles. The van der Waals surface area contributed by atoms with Crippen LogP contribution in [0.1, 0.15) is 38.3 Å². The zero-order chi connectivity index (χ0) is 11.4. The number of nitrogens with two attached hydrogens (primary N) is 1. The van der Waals surface area contributed by atoms with Crippen molar-refractivity contribution in [1.29, 1.82) is 0 Å². The van der Waals surface area contributed by atoms with E-state index >= 15 is 0 Å². The number of hydrogen-bond acceptors (Lipinski definition) is 3. The van der Waals surface area contributed by atoms with Crippen LogP contribution in [0, 0.1) is 5.92 Å². The van der Waals surface area contributed by atoms with Crippen molar-refractivity contribution in [2.24, 2.45) is 11.7 Å². The summed E-state index contributed by atoms with van der Waals surface area (Å²) in [6, 6.07) is 4.69. The van der Waals surface area contributed by atoms with E-state index in [1.165, 1.54) is 6.07 Å². The number of benzene rings is 1. The molecule has 0 radical (unpaired) electrons. The van der Waals surface area contributed by atoms with Gasteiger partial charge in [-0.2, -0.15) is 0 Å². The first-order valence-electron chi connectivity index (χ1n) is 5.28. The quantitative estimate of drug-likeness (QED) is 0.667. The fourth-order valence-corrected chi connectivity index (χ4v) is 1.52. The fourth-order valence-electron chi connectivity index (χ4n) is 1.52. The highest BCUT2D eigenvalue weighted by atomic mass is 16.3. The van der Waals surface area contributed by atoms with Crippen molar-refractivity contribution in [3.05, 3.63) is 23.8 Å². The van der Waals surface area contributed by atoms with Crippen LogP contribution < -0.4 is 5.73 Å². The van der Waals surface area contributed by atoms with Gasteiger partial charge in [-0.05, 0) is 24.8 Å². The Morgan fingerprint density at radius 1 is 1.20 bits per heavy atom. The van der Waals surface area contributed by atoms with Gasteiger partial charge in [0.15, 0.2) is 11.5 Å². The average molecular weight is 209 g/mol. The Hall–Kier alpha value is -1.22. The van der Waals surface area contributed by atoms with Gasteiger partial charge in [-0.15, -0.1) is 0 Å². The molecule has 0 amide bonds. The second-order valence-corrected chi connectivity index (χ2v) is 4.29. The number of rotatable bonds is 4. The smallest absolute Gasteiger partial charge is 0.162 e. The normalized spacial score (nSPS) is 13.1. The predicted octanol–water partition coefficient (Wildman–Crippen LogP) is 2.53. The Bertz CT molecular complexity index is 323. The largest absolute Gasteiger partial charge is 0.504 e. The van der Waals surface area contributed by atoms with E-state index in [4.69, 9.17) is 5.73 Å². The van der Waals surface area contributed by atoms with Gasteiger partial charge in [0, 0.05) is 11.6 Å². The summed E-state index contributed by atoms with van der Waals surface area (Å²) in [4.78, 5) is 0. The van der Waals surface area contributed by atoms with Crippen LogP contribution in [0.5, 0.6) is 11.5 Å². The first-order chi connectivity index (χ1) is 7.02. The van der Waals surface area contributed by atoms with Crippen LogP contribution in [0.2, 0.25) is 0 Å².